The molecule has 14 heavy (non-hydrogen) atoms. The minimum atomic E-state index is 0.207. The molecule has 0 aromatic rings. The normalized spacial score (nSPS) is 10.2. The fourth-order valence-electron chi connectivity index (χ4n) is 1.18. The lowest BCUT2D eigenvalue weighted by Gasteiger charge is -2.16. The van der Waals surface area contributed by atoms with Crippen molar-refractivity contribution in [1.82, 2.24) is 10.2 Å². The third-order valence-electron chi connectivity index (χ3n) is 2.09. The Morgan fingerprint density at radius 2 is 2.14 bits per heavy atom. The highest BCUT2D eigenvalue weighted by Gasteiger charge is 2.06. The van der Waals surface area contributed by atoms with E-state index in [4.69, 9.17) is 4.74 Å². The van der Waals surface area contributed by atoms with Gasteiger partial charge in [0, 0.05) is 33.7 Å². The second-order valence-electron chi connectivity index (χ2n) is 3.37. The molecule has 0 radical (unpaired) electrons. The SMILES string of the molecule is CNCCCN(C)C(=O)CCCOC. The van der Waals surface area contributed by atoms with Crippen molar-refractivity contribution in [1.29, 1.82) is 0 Å². The number of carbonyl (C=O) groups is 1. The van der Waals surface area contributed by atoms with Crippen LogP contribution < -0.4 is 5.32 Å². The Bertz CT molecular complexity index is 151. The predicted molar refractivity (Wildman–Crippen MR) is 57.3 cm³/mol. The van der Waals surface area contributed by atoms with Gasteiger partial charge in [-0.2, -0.15) is 0 Å². The van der Waals surface area contributed by atoms with Gasteiger partial charge in [-0.1, -0.05) is 0 Å². The molecule has 0 spiro atoms. The summed E-state index contributed by atoms with van der Waals surface area (Å²) in [5.41, 5.74) is 0. The van der Waals surface area contributed by atoms with E-state index >= 15 is 0 Å². The first-order valence-electron chi connectivity index (χ1n) is 5.10. The van der Waals surface area contributed by atoms with Gasteiger partial charge in [0.15, 0.2) is 0 Å². The summed E-state index contributed by atoms with van der Waals surface area (Å²) in [6.07, 6.45) is 2.40. The second-order valence-corrected chi connectivity index (χ2v) is 3.37. The Labute approximate surface area is 86.6 Å². The molecule has 0 saturated heterocycles. The van der Waals surface area contributed by atoms with E-state index in [2.05, 4.69) is 5.32 Å². The van der Waals surface area contributed by atoms with E-state index < -0.39 is 0 Å². The Morgan fingerprint density at radius 1 is 1.43 bits per heavy atom. The van der Waals surface area contributed by atoms with Crippen LogP contribution >= 0.6 is 0 Å². The molecule has 0 aliphatic carbocycles. The Morgan fingerprint density at radius 3 is 2.71 bits per heavy atom. The van der Waals surface area contributed by atoms with Crippen molar-refractivity contribution in [2.24, 2.45) is 0 Å². The molecule has 0 aromatic carbocycles. The average Bonchev–Trinajstić information content (AvgIpc) is 2.18. The number of hydrogen-bond acceptors (Lipinski definition) is 3. The molecule has 0 atom stereocenters. The number of rotatable bonds is 8. The number of methoxy groups -OCH3 is 1. The van der Waals surface area contributed by atoms with Crippen LogP contribution in [0.4, 0.5) is 0 Å². The topological polar surface area (TPSA) is 41.6 Å². The van der Waals surface area contributed by atoms with Crippen LogP contribution in [-0.2, 0) is 9.53 Å². The molecule has 0 fully saturated rings. The molecule has 4 heteroatoms. The van der Waals surface area contributed by atoms with Crippen LogP contribution in [0.25, 0.3) is 0 Å². The van der Waals surface area contributed by atoms with Gasteiger partial charge in [-0.05, 0) is 26.4 Å². The third kappa shape index (κ3) is 6.86. The van der Waals surface area contributed by atoms with Crippen molar-refractivity contribution in [2.45, 2.75) is 19.3 Å². The Kier molecular flexibility index (Phi) is 8.57. The second kappa shape index (κ2) is 8.97. The largest absolute Gasteiger partial charge is 0.385 e. The maximum absolute atomic E-state index is 11.5. The van der Waals surface area contributed by atoms with Gasteiger partial charge in [0.25, 0.3) is 0 Å². The Balaban J connectivity index is 3.44. The van der Waals surface area contributed by atoms with Gasteiger partial charge in [0.1, 0.15) is 0 Å². The van der Waals surface area contributed by atoms with Gasteiger partial charge < -0.3 is 15.0 Å². The van der Waals surface area contributed by atoms with Crippen molar-refractivity contribution in [3.8, 4) is 0 Å². The Hall–Kier alpha value is -0.610. The molecule has 0 aliphatic rings. The minimum Gasteiger partial charge on any atom is -0.385 e. The molecule has 84 valence electrons. The summed E-state index contributed by atoms with van der Waals surface area (Å²) in [5, 5.41) is 3.06. The van der Waals surface area contributed by atoms with Crippen molar-refractivity contribution in [3.63, 3.8) is 0 Å². The predicted octanol–water partition coefficient (Wildman–Crippen LogP) is 0.481. The van der Waals surface area contributed by atoms with E-state index in [1.165, 1.54) is 0 Å². The first-order valence-corrected chi connectivity index (χ1v) is 5.10. The molecule has 0 unspecified atom stereocenters. The van der Waals surface area contributed by atoms with E-state index in [9.17, 15) is 4.79 Å². The number of nitrogens with zero attached hydrogens (tertiary/aromatic N) is 1. The summed E-state index contributed by atoms with van der Waals surface area (Å²) in [4.78, 5) is 13.2. The minimum absolute atomic E-state index is 0.207. The van der Waals surface area contributed by atoms with Gasteiger partial charge in [0.05, 0.1) is 0 Å². The van der Waals surface area contributed by atoms with Gasteiger partial charge in [-0.15, -0.1) is 0 Å². The van der Waals surface area contributed by atoms with Crippen molar-refractivity contribution in [3.05, 3.63) is 0 Å². The van der Waals surface area contributed by atoms with E-state index in [1.54, 1.807) is 12.0 Å². The van der Waals surface area contributed by atoms with Crippen LogP contribution in [0.3, 0.4) is 0 Å². The fraction of sp³-hybridized carbons (Fsp3) is 0.900. The first kappa shape index (κ1) is 13.4. The molecule has 0 heterocycles. The third-order valence-corrected chi connectivity index (χ3v) is 2.09. The zero-order valence-electron chi connectivity index (χ0n) is 9.51. The lowest BCUT2D eigenvalue weighted by atomic mass is 10.3. The maximum Gasteiger partial charge on any atom is 0.222 e. The van der Waals surface area contributed by atoms with Crippen LogP contribution in [0, 0.1) is 0 Å². The highest BCUT2D eigenvalue weighted by Crippen LogP contribution is 1.96. The molecule has 1 amide bonds. The molecule has 0 rings (SSSR count). The monoisotopic (exact) mass is 202 g/mol. The standard InChI is InChI=1S/C10H22N2O2/c1-11-7-5-8-12(2)10(13)6-4-9-14-3/h11H,4-9H2,1-3H3. The van der Waals surface area contributed by atoms with Gasteiger partial charge in [-0.3, -0.25) is 4.79 Å². The number of carbonyl (C=O) groups excluding carboxylic acids is 1. The molecule has 0 aliphatic heterocycles. The average molecular weight is 202 g/mol. The summed E-state index contributed by atoms with van der Waals surface area (Å²) >= 11 is 0. The highest BCUT2D eigenvalue weighted by atomic mass is 16.5. The fourth-order valence-corrected chi connectivity index (χ4v) is 1.18. The quantitative estimate of drug-likeness (QED) is 0.582. The van der Waals surface area contributed by atoms with Crippen LogP contribution in [0.2, 0.25) is 0 Å². The maximum atomic E-state index is 11.5. The summed E-state index contributed by atoms with van der Waals surface area (Å²) in [7, 11) is 5.42. The van der Waals surface area contributed by atoms with Crippen LogP contribution in [-0.4, -0.2) is 51.7 Å². The first-order chi connectivity index (χ1) is 6.72. The van der Waals surface area contributed by atoms with E-state index in [-0.39, 0.29) is 5.91 Å². The van der Waals surface area contributed by atoms with Crippen molar-refractivity contribution >= 4 is 5.91 Å². The summed E-state index contributed by atoms with van der Waals surface area (Å²) in [5.74, 6) is 0.207. The molecule has 0 aromatic heterocycles. The zero-order valence-corrected chi connectivity index (χ0v) is 9.51. The van der Waals surface area contributed by atoms with Crippen molar-refractivity contribution < 1.29 is 9.53 Å². The summed E-state index contributed by atoms with van der Waals surface area (Å²) in [6.45, 7) is 2.44. The van der Waals surface area contributed by atoms with Crippen LogP contribution in [0.5, 0.6) is 0 Å². The molecular weight excluding hydrogens is 180 g/mol. The van der Waals surface area contributed by atoms with Gasteiger partial charge in [0.2, 0.25) is 5.91 Å². The molecular formula is C10H22N2O2. The van der Waals surface area contributed by atoms with Crippen molar-refractivity contribution in [2.75, 3.05) is 40.9 Å². The van der Waals surface area contributed by atoms with E-state index in [0.717, 1.165) is 25.9 Å². The molecule has 0 saturated carbocycles. The molecule has 4 nitrogen and oxygen atoms in total. The summed E-state index contributed by atoms with van der Waals surface area (Å²) < 4.78 is 4.89. The lowest BCUT2D eigenvalue weighted by molar-refractivity contribution is -0.130. The van der Waals surface area contributed by atoms with E-state index in [1.807, 2.05) is 14.1 Å². The molecule has 1 N–H and O–H groups in total. The number of nitrogens with one attached hydrogen (secondary N) is 1. The molecule has 0 bridgehead atoms. The number of amides is 1. The number of ether oxygens (including phenoxy) is 1. The van der Waals surface area contributed by atoms with Gasteiger partial charge in [-0.25, -0.2) is 0 Å². The van der Waals surface area contributed by atoms with Gasteiger partial charge >= 0.3 is 0 Å². The smallest absolute Gasteiger partial charge is 0.222 e. The lowest BCUT2D eigenvalue weighted by Crippen LogP contribution is -2.29. The van der Waals surface area contributed by atoms with Crippen LogP contribution in [0.1, 0.15) is 19.3 Å². The zero-order chi connectivity index (χ0) is 10.8. The highest BCUT2D eigenvalue weighted by molar-refractivity contribution is 5.75. The van der Waals surface area contributed by atoms with Crippen LogP contribution in [0.15, 0.2) is 0 Å². The number of hydrogen-bond donors (Lipinski definition) is 1. The summed E-state index contributed by atoms with van der Waals surface area (Å²) in [6, 6.07) is 0. The van der Waals surface area contributed by atoms with E-state index in [0.29, 0.717) is 13.0 Å².